The standard InChI is InChI=1S/C20H16N6/c1-2-8-15(9-3-1)18-20(23-14-16-10-4-6-12-21-16)24-19(26-25-18)17-11-5-7-13-22-17/h1-13H,14H2,(H,23,24,26). The molecule has 0 radical (unpaired) electrons. The van der Waals surface area contributed by atoms with Crippen molar-refractivity contribution in [2.24, 2.45) is 0 Å². The second-order valence-electron chi connectivity index (χ2n) is 5.59. The molecular weight excluding hydrogens is 324 g/mol. The molecule has 126 valence electrons. The van der Waals surface area contributed by atoms with Crippen molar-refractivity contribution in [2.45, 2.75) is 6.54 Å². The van der Waals surface area contributed by atoms with Gasteiger partial charge in [0.2, 0.25) is 5.82 Å². The van der Waals surface area contributed by atoms with E-state index in [4.69, 9.17) is 0 Å². The van der Waals surface area contributed by atoms with Gasteiger partial charge in [-0.1, -0.05) is 42.5 Å². The molecule has 4 rings (SSSR count). The van der Waals surface area contributed by atoms with Gasteiger partial charge in [0.25, 0.3) is 0 Å². The summed E-state index contributed by atoms with van der Waals surface area (Å²) in [5.74, 6) is 1.13. The van der Waals surface area contributed by atoms with Crippen LogP contribution in [0, 0.1) is 0 Å². The van der Waals surface area contributed by atoms with Crippen LogP contribution in [0.15, 0.2) is 79.1 Å². The summed E-state index contributed by atoms with van der Waals surface area (Å²) in [5, 5.41) is 12.0. The molecule has 0 atom stereocenters. The maximum atomic E-state index is 4.66. The van der Waals surface area contributed by atoms with E-state index in [1.54, 1.807) is 12.4 Å². The Morgan fingerprint density at radius 1 is 0.731 bits per heavy atom. The summed E-state index contributed by atoms with van der Waals surface area (Å²) >= 11 is 0. The maximum Gasteiger partial charge on any atom is 0.202 e. The molecule has 3 aromatic heterocycles. The number of hydrogen-bond acceptors (Lipinski definition) is 6. The molecule has 26 heavy (non-hydrogen) atoms. The van der Waals surface area contributed by atoms with Crippen LogP contribution in [-0.2, 0) is 6.54 Å². The Hall–Kier alpha value is -3.67. The number of hydrogen-bond donors (Lipinski definition) is 1. The summed E-state index contributed by atoms with van der Waals surface area (Å²) in [4.78, 5) is 13.3. The Kier molecular flexibility index (Phi) is 4.56. The van der Waals surface area contributed by atoms with E-state index >= 15 is 0 Å². The normalized spacial score (nSPS) is 10.5. The van der Waals surface area contributed by atoms with Gasteiger partial charge in [-0.3, -0.25) is 9.97 Å². The highest BCUT2D eigenvalue weighted by molar-refractivity contribution is 5.72. The summed E-state index contributed by atoms with van der Waals surface area (Å²) < 4.78 is 0. The van der Waals surface area contributed by atoms with E-state index in [1.807, 2.05) is 66.7 Å². The summed E-state index contributed by atoms with van der Waals surface area (Å²) in [6, 6.07) is 21.3. The van der Waals surface area contributed by atoms with Gasteiger partial charge < -0.3 is 5.32 Å². The monoisotopic (exact) mass is 340 g/mol. The lowest BCUT2D eigenvalue weighted by Gasteiger charge is -2.11. The first-order valence-electron chi connectivity index (χ1n) is 8.25. The second-order valence-corrected chi connectivity index (χ2v) is 5.59. The topological polar surface area (TPSA) is 76.5 Å². The first-order valence-corrected chi connectivity index (χ1v) is 8.25. The molecule has 6 heteroatoms. The van der Waals surface area contributed by atoms with E-state index in [-0.39, 0.29) is 0 Å². The fourth-order valence-corrected chi connectivity index (χ4v) is 2.52. The molecule has 0 fully saturated rings. The van der Waals surface area contributed by atoms with Crippen LogP contribution >= 0.6 is 0 Å². The van der Waals surface area contributed by atoms with Gasteiger partial charge in [0.05, 0.1) is 12.2 Å². The molecule has 0 aliphatic rings. The van der Waals surface area contributed by atoms with Gasteiger partial charge >= 0.3 is 0 Å². The molecule has 1 N–H and O–H groups in total. The van der Waals surface area contributed by atoms with Crippen LogP contribution in [0.2, 0.25) is 0 Å². The minimum atomic E-state index is 0.480. The van der Waals surface area contributed by atoms with Gasteiger partial charge in [0.1, 0.15) is 11.4 Å². The largest absolute Gasteiger partial charge is 0.362 e. The lowest BCUT2D eigenvalue weighted by molar-refractivity contribution is 0.956. The van der Waals surface area contributed by atoms with Crippen LogP contribution < -0.4 is 5.32 Å². The molecule has 0 saturated heterocycles. The highest BCUT2D eigenvalue weighted by atomic mass is 15.2. The Morgan fingerprint density at radius 3 is 2.23 bits per heavy atom. The molecule has 0 spiro atoms. The quantitative estimate of drug-likeness (QED) is 0.598. The van der Waals surface area contributed by atoms with Gasteiger partial charge in [0.15, 0.2) is 5.82 Å². The summed E-state index contributed by atoms with van der Waals surface area (Å²) in [6.45, 7) is 0.543. The van der Waals surface area contributed by atoms with Crippen molar-refractivity contribution in [2.75, 3.05) is 5.32 Å². The maximum absolute atomic E-state index is 4.66. The van der Waals surface area contributed by atoms with Crippen LogP contribution in [0.5, 0.6) is 0 Å². The van der Waals surface area contributed by atoms with Gasteiger partial charge in [-0.05, 0) is 24.3 Å². The van der Waals surface area contributed by atoms with E-state index < -0.39 is 0 Å². The highest BCUT2D eigenvalue weighted by Gasteiger charge is 2.13. The second kappa shape index (κ2) is 7.48. The molecule has 0 bridgehead atoms. The Morgan fingerprint density at radius 2 is 1.50 bits per heavy atom. The van der Waals surface area contributed by atoms with Gasteiger partial charge in [-0.25, -0.2) is 4.98 Å². The molecule has 4 aromatic rings. The van der Waals surface area contributed by atoms with Gasteiger partial charge in [-0.2, -0.15) is 0 Å². The molecule has 0 saturated carbocycles. The van der Waals surface area contributed by atoms with Crippen molar-refractivity contribution >= 4 is 5.82 Å². The molecule has 0 unspecified atom stereocenters. The zero-order chi connectivity index (χ0) is 17.6. The minimum absolute atomic E-state index is 0.480. The van der Waals surface area contributed by atoms with E-state index in [2.05, 4.69) is 30.5 Å². The fraction of sp³-hybridized carbons (Fsp3) is 0.0500. The van der Waals surface area contributed by atoms with Crippen molar-refractivity contribution in [1.29, 1.82) is 0 Å². The highest BCUT2D eigenvalue weighted by Crippen LogP contribution is 2.25. The van der Waals surface area contributed by atoms with Crippen LogP contribution in [0.3, 0.4) is 0 Å². The molecular formula is C20H16N6. The lowest BCUT2D eigenvalue weighted by atomic mass is 10.1. The Labute approximate surface area is 151 Å². The number of rotatable bonds is 5. The summed E-state index contributed by atoms with van der Waals surface area (Å²) in [6.07, 6.45) is 3.48. The molecule has 0 amide bonds. The predicted molar refractivity (Wildman–Crippen MR) is 100 cm³/mol. The number of pyridine rings is 2. The third-order valence-electron chi connectivity index (χ3n) is 3.79. The van der Waals surface area contributed by atoms with Crippen molar-refractivity contribution in [3.05, 3.63) is 84.8 Å². The minimum Gasteiger partial charge on any atom is -0.362 e. The third kappa shape index (κ3) is 3.54. The zero-order valence-corrected chi connectivity index (χ0v) is 13.9. The third-order valence-corrected chi connectivity index (χ3v) is 3.79. The molecule has 0 aliphatic heterocycles. The van der Waals surface area contributed by atoms with Crippen LogP contribution in [0.25, 0.3) is 22.8 Å². The average Bonchev–Trinajstić information content (AvgIpc) is 2.74. The Bertz CT molecular complexity index is 975. The molecule has 1 aromatic carbocycles. The van der Waals surface area contributed by atoms with Gasteiger partial charge in [-0.15, -0.1) is 10.2 Å². The molecule has 0 aliphatic carbocycles. The number of nitrogens with one attached hydrogen (secondary N) is 1. The van der Waals surface area contributed by atoms with E-state index in [1.165, 1.54) is 0 Å². The van der Waals surface area contributed by atoms with Crippen molar-refractivity contribution in [3.8, 4) is 22.8 Å². The first-order chi connectivity index (χ1) is 12.9. The smallest absolute Gasteiger partial charge is 0.202 e. The van der Waals surface area contributed by atoms with Crippen LogP contribution in [0.1, 0.15) is 5.69 Å². The number of aromatic nitrogens is 5. The zero-order valence-electron chi connectivity index (χ0n) is 13.9. The molecule has 6 nitrogen and oxygen atoms in total. The first kappa shape index (κ1) is 15.8. The number of nitrogens with zero attached hydrogens (tertiary/aromatic N) is 5. The average molecular weight is 340 g/mol. The van der Waals surface area contributed by atoms with Crippen molar-refractivity contribution < 1.29 is 0 Å². The predicted octanol–water partition coefficient (Wildman–Crippen LogP) is 3.61. The number of benzene rings is 1. The van der Waals surface area contributed by atoms with Crippen molar-refractivity contribution in [1.82, 2.24) is 25.1 Å². The van der Waals surface area contributed by atoms with Crippen LogP contribution in [0.4, 0.5) is 5.82 Å². The fourth-order valence-electron chi connectivity index (χ4n) is 2.52. The summed E-state index contributed by atoms with van der Waals surface area (Å²) in [7, 11) is 0. The summed E-state index contributed by atoms with van der Waals surface area (Å²) in [5.41, 5.74) is 3.25. The Balaban J connectivity index is 1.71. The van der Waals surface area contributed by atoms with Crippen molar-refractivity contribution in [3.63, 3.8) is 0 Å². The molecule has 3 heterocycles. The van der Waals surface area contributed by atoms with E-state index in [0.717, 1.165) is 11.3 Å². The van der Waals surface area contributed by atoms with Gasteiger partial charge in [0, 0.05) is 18.0 Å². The SMILES string of the molecule is c1ccc(-c2nnc(-c3ccccn3)nc2NCc2ccccn2)cc1. The van der Waals surface area contributed by atoms with E-state index in [9.17, 15) is 0 Å². The number of anilines is 1. The van der Waals surface area contributed by atoms with Crippen LogP contribution in [-0.4, -0.2) is 25.1 Å². The van der Waals surface area contributed by atoms with E-state index in [0.29, 0.717) is 29.6 Å². The lowest BCUT2D eigenvalue weighted by Crippen LogP contribution is -2.08.